The van der Waals surface area contributed by atoms with Crippen LogP contribution in [0.4, 0.5) is 0 Å². The Balaban J connectivity index is 1.86. The highest BCUT2D eigenvalue weighted by molar-refractivity contribution is 8.17. The molecule has 1 saturated heterocycles. The lowest BCUT2D eigenvalue weighted by Gasteiger charge is -2.07. The van der Waals surface area contributed by atoms with Gasteiger partial charge in [0.2, 0.25) is 0 Å². The molecular formula is C8H17NS2. The van der Waals surface area contributed by atoms with E-state index in [1.807, 2.05) is 0 Å². The molecule has 1 N–H and O–H groups in total. The van der Waals surface area contributed by atoms with Gasteiger partial charge in [-0.05, 0) is 12.2 Å². The third-order valence-electron chi connectivity index (χ3n) is 1.70. The summed E-state index contributed by atoms with van der Waals surface area (Å²) in [6, 6.07) is 0. The molecule has 3 heteroatoms. The van der Waals surface area contributed by atoms with E-state index < -0.39 is 0 Å². The third kappa shape index (κ3) is 4.28. The highest BCUT2D eigenvalue weighted by atomic mass is 32.2. The zero-order valence-corrected chi connectivity index (χ0v) is 8.77. The Kier molecular flexibility index (Phi) is 5.50. The Bertz CT molecular complexity index is 92.1. The summed E-state index contributed by atoms with van der Waals surface area (Å²) in [6.45, 7) is 3.46. The van der Waals surface area contributed by atoms with Crippen molar-refractivity contribution in [2.45, 2.75) is 30.9 Å². The van der Waals surface area contributed by atoms with Crippen molar-refractivity contribution >= 4 is 23.5 Å². The Morgan fingerprint density at radius 2 is 2.45 bits per heavy atom. The van der Waals surface area contributed by atoms with Gasteiger partial charge in [0, 0.05) is 12.3 Å². The summed E-state index contributed by atoms with van der Waals surface area (Å²) in [5.41, 5.74) is 0. The molecule has 1 fully saturated rings. The molecule has 0 aromatic heterocycles. The molecule has 1 aliphatic rings. The van der Waals surface area contributed by atoms with E-state index in [9.17, 15) is 0 Å². The smallest absolute Gasteiger partial charge is 0.100 e. The van der Waals surface area contributed by atoms with E-state index in [1.165, 1.54) is 37.3 Å². The van der Waals surface area contributed by atoms with Crippen molar-refractivity contribution in [1.82, 2.24) is 5.32 Å². The fourth-order valence-electron chi connectivity index (χ4n) is 1.05. The van der Waals surface area contributed by atoms with Crippen LogP contribution in [-0.4, -0.2) is 22.8 Å². The first-order valence-electron chi connectivity index (χ1n) is 4.40. The van der Waals surface area contributed by atoms with Gasteiger partial charge in [-0.3, -0.25) is 5.32 Å². The molecule has 1 unspecified atom stereocenters. The van der Waals surface area contributed by atoms with Crippen molar-refractivity contribution in [1.29, 1.82) is 0 Å². The highest BCUT2D eigenvalue weighted by Crippen LogP contribution is 2.25. The first kappa shape index (κ1) is 9.75. The SMILES string of the molecule is CCCCCSC1NCCS1. The molecule has 1 atom stereocenters. The Morgan fingerprint density at radius 3 is 3.09 bits per heavy atom. The summed E-state index contributed by atoms with van der Waals surface area (Å²) in [5, 5.41) is 3.46. The molecule has 66 valence electrons. The first-order chi connectivity index (χ1) is 5.43. The number of unbranched alkanes of at least 4 members (excludes halogenated alkanes) is 2. The second-order valence-electron chi connectivity index (χ2n) is 2.73. The minimum Gasteiger partial charge on any atom is -0.296 e. The van der Waals surface area contributed by atoms with Crippen molar-refractivity contribution in [3.05, 3.63) is 0 Å². The molecule has 0 aromatic carbocycles. The van der Waals surface area contributed by atoms with Gasteiger partial charge in [-0.15, -0.1) is 23.5 Å². The maximum atomic E-state index is 3.46. The van der Waals surface area contributed by atoms with Crippen molar-refractivity contribution in [3.63, 3.8) is 0 Å². The summed E-state index contributed by atoms with van der Waals surface area (Å²) in [5.74, 6) is 2.63. The summed E-state index contributed by atoms with van der Waals surface area (Å²) in [4.78, 5) is 0. The quantitative estimate of drug-likeness (QED) is 0.671. The van der Waals surface area contributed by atoms with Crippen LogP contribution in [0, 0.1) is 0 Å². The zero-order chi connectivity index (χ0) is 7.94. The lowest BCUT2D eigenvalue weighted by molar-refractivity contribution is 0.775. The Morgan fingerprint density at radius 1 is 1.55 bits per heavy atom. The second-order valence-corrected chi connectivity index (χ2v) is 5.46. The summed E-state index contributed by atoms with van der Waals surface area (Å²) < 4.78 is 0.701. The molecule has 1 nitrogen and oxygen atoms in total. The van der Waals surface area contributed by atoms with Gasteiger partial charge in [-0.1, -0.05) is 19.8 Å². The van der Waals surface area contributed by atoms with Crippen LogP contribution in [-0.2, 0) is 0 Å². The Labute approximate surface area is 78.1 Å². The van der Waals surface area contributed by atoms with Crippen molar-refractivity contribution in [3.8, 4) is 0 Å². The molecule has 0 saturated carbocycles. The summed E-state index contributed by atoms with van der Waals surface area (Å²) in [6.07, 6.45) is 4.12. The largest absolute Gasteiger partial charge is 0.296 e. The summed E-state index contributed by atoms with van der Waals surface area (Å²) in [7, 11) is 0. The molecule has 0 amide bonds. The molecule has 0 aromatic rings. The molecule has 1 aliphatic heterocycles. The monoisotopic (exact) mass is 191 g/mol. The molecule has 0 bridgehead atoms. The molecular weight excluding hydrogens is 174 g/mol. The maximum absolute atomic E-state index is 3.46. The van der Waals surface area contributed by atoms with Crippen molar-refractivity contribution in [2.75, 3.05) is 18.1 Å². The summed E-state index contributed by atoms with van der Waals surface area (Å²) >= 11 is 4.13. The van der Waals surface area contributed by atoms with E-state index in [-0.39, 0.29) is 0 Å². The normalized spacial score (nSPS) is 24.3. The molecule has 0 radical (unpaired) electrons. The van der Waals surface area contributed by atoms with Gasteiger partial charge in [0.15, 0.2) is 0 Å². The van der Waals surface area contributed by atoms with Crippen LogP contribution in [0.15, 0.2) is 0 Å². The average molecular weight is 191 g/mol. The van der Waals surface area contributed by atoms with Crippen LogP contribution in [0.25, 0.3) is 0 Å². The Hall–Kier alpha value is 0.660. The van der Waals surface area contributed by atoms with E-state index in [4.69, 9.17) is 0 Å². The standard InChI is InChI=1S/C8H17NS2/c1-2-3-4-6-10-8-9-5-7-11-8/h8-9H,2-7H2,1H3. The molecule has 11 heavy (non-hydrogen) atoms. The van der Waals surface area contributed by atoms with Gasteiger partial charge in [0.1, 0.15) is 4.71 Å². The predicted octanol–water partition coefficient (Wildman–Crippen LogP) is 2.53. The number of thioether (sulfide) groups is 2. The van der Waals surface area contributed by atoms with Crippen LogP contribution in [0.2, 0.25) is 0 Å². The number of hydrogen-bond donors (Lipinski definition) is 1. The average Bonchev–Trinajstić information content (AvgIpc) is 2.50. The predicted molar refractivity (Wildman–Crippen MR) is 56.2 cm³/mol. The van der Waals surface area contributed by atoms with Gasteiger partial charge in [0.25, 0.3) is 0 Å². The van der Waals surface area contributed by atoms with E-state index in [0.717, 1.165) is 0 Å². The van der Waals surface area contributed by atoms with Gasteiger partial charge < -0.3 is 0 Å². The van der Waals surface area contributed by atoms with E-state index >= 15 is 0 Å². The minimum atomic E-state index is 0.701. The lowest BCUT2D eigenvalue weighted by atomic mass is 10.3. The maximum Gasteiger partial charge on any atom is 0.100 e. The van der Waals surface area contributed by atoms with E-state index in [0.29, 0.717) is 4.71 Å². The van der Waals surface area contributed by atoms with Gasteiger partial charge in [-0.2, -0.15) is 0 Å². The van der Waals surface area contributed by atoms with Gasteiger partial charge in [-0.25, -0.2) is 0 Å². The molecule has 0 aliphatic carbocycles. The zero-order valence-electron chi connectivity index (χ0n) is 7.14. The first-order valence-corrected chi connectivity index (χ1v) is 6.50. The van der Waals surface area contributed by atoms with E-state index in [1.54, 1.807) is 0 Å². The van der Waals surface area contributed by atoms with Crippen LogP contribution < -0.4 is 5.32 Å². The van der Waals surface area contributed by atoms with Crippen LogP contribution in [0.1, 0.15) is 26.2 Å². The second kappa shape index (κ2) is 6.21. The van der Waals surface area contributed by atoms with Crippen LogP contribution >= 0.6 is 23.5 Å². The lowest BCUT2D eigenvalue weighted by Crippen LogP contribution is -2.16. The molecule has 1 rings (SSSR count). The fraction of sp³-hybridized carbons (Fsp3) is 1.00. The van der Waals surface area contributed by atoms with Gasteiger partial charge >= 0.3 is 0 Å². The number of nitrogens with one attached hydrogen (secondary N) is 1. The fourth-order valence-corrected chi connectivity index (χ4v) is 3.52. The van der Waals surface area contributed by atoms with Gasteiger partial charge in [0.05, 0.1) is 0 Å². The highest BCUT2D eigenvalue weighted by Gasteiger charge is 2.13. The van der Waals surface area contributed by atoms with E-state index in [2.05, 4.69) is 35.8 Å². The number of hydrogen-bond acceptors (Lipinski definition) is 3. The van der Waals surface area contributed by atoms with Crippen molar-refractivity contribution in [2.24, 2.45) is 0 Å². The molecule has 1 heterocycles. The van der Waals surface area contributed by atoms with Crippen molar-refractivity contribution < 1.29 is 0 Å². The minimum absolute atomic E-state index is 0.701. The topological polar surface area (TPSA) is 12.0 Å². The molecule has 0 spiro atoms. The van der Waals surface area contributed by atoms with Crippen LogP contribution in [0.5, 0.6) is 0 Å². The number of rotatable bonds is 5. The van der Waals surface area contributed by atoms with Crippen LogP contribution in [0.3, 0.4) is 0 Å². The third-order valence-corrected chi connectivity index (χ3v) is 4.42.